The van der Waals surface area contributed by atoms with Crippen molar-refractivity contribution in [3.63, 3.8) is 0 Å². The quantitative estimate of drug-likeness (QED) is 0.803. The van der Waals surface area contributed by atoms with Crippen molar-refractivity contribution in [1.29, 1.82) is 0 Å². The molecule has 0 aliphatic carbocycles. The number of aliphatic hydroxyl groups is 1. The van der Waals surface area contributed by atoms with Crippen molar-refractivity contribution in [3.8, 4) is 0 Å². The summed E-state index contributed by atoms with van der Waals surface area (Å²) in [5.41, 5.74) is 0.168. The first kappa shape index (κ1) is 13.5. The average Bonchev–Trinajstić information content (AvgIpc) is 2.24. The maximum atomic E-state index is 13.6. The van der Waals surface area contributed by atoms with Crippen LogP contribution in [0.2, 0.25) is 0 Å². The first-order valence-corrected chi connectivity index (χ1v) is 6.58. The predicted octanol–water partition coefficient (Wildman–Crippen LogP) is 3.45. The lowest BCUT2D eigenvalue weighted by atomic mass is 10.0. The second-order valence-corrected chi connectivity index (χ2v) is 4.73. The Balaban J connectivity index is 2.81. The normalized spacial score (nSPS) is 12.8. The van der Waals surface area contributed by atoms with Crippen LogP contribution in [0.15, 0.2) is 12.1 Å². The Bertz CT molecular complexity index is 355. The first-order valence-electron chi connectivity index (χ1n) is 5.19. The Kier molecular flexibility index (Phi) is 5.22. The van der Waals surface area contributed by atoms with Gasteiger partial charge in [-0.25, -0.2) is 8.78 Å². The van der Waals surface area contributed by atoms with Gasteiger partial charge in [0.1, 0.15) is 11.6 Å². The number of benzene rings is 1. The largest absolute Gasteiger partial charge is 0.388 e. The molecule has 1 rings (SSSR count). The molecule has 0 fully saturated rings. The third-order valence-electron chi connectivity index (χ3n) is 2.48. The SMILES string of the molecule is CSCCCC(O)c1c(F)ccc(C)c1F. The van der Waals surface area contributed by atoms with Crippen molar-refractivity contribution in [3.05, 3.63) is 34.9 Å². The topological polar surface area (TPSA) is 20.2 Å². The summed E-state index contributed by atoms with van der Waals surface area (Å²) in [5.74, 6) is -0.414. The molecule has 0 radical (unpaired) electrons. The second kappa shape index (κ2) is 6.21. The van der Waals surface area contributed by atoms with Crippen LogP contribution < -0.4 is 0 Å². The molecule has 1 aromatic rings. The van der Waals surface area contributed by atoms with Crippen LogP contribution in [-0.2, 0) is 0 Å². The lowest BCUT2D eigenvalue weighted by molar-refractivity contribution is 0.157. The van der Waals surface area contributed by atoms with E-state index in [0.717, 1.165) is 12.2 Å². The fraction of sp³-hybridized carbons (Fsp3) is 0.500. The van der Waals surface area contributed by atoms with E-state index in [4.69, 9.17) is 0 Å². The summed E-state index contributed by atoms with van der Waals surface area (Å²) >= 11 is 1.65. The van der Waals surface area contributed by atoms with Crippen molar-refractivity contribution in [2.24, 2.45) is 0 Å². The fourth-order valence-corrected chi connectivity index (χ4v) is 2.00. The molecule has 90 valence electrons. The van der Waals surface area contributed by atoms with Gasteiger partial charge in [-0.1, -0.05) is 6.07 Å². The van der Waals surface area contributed by atoms with E-state index in [-0.39, 0.29) is 5.56 Å². The van der Waals surface area contributed by atoms with Gasteiger partial charge in [0.05, 0.1) is 11.7 Å². The van der Waals surface area contributed by atoms with Gasteiger partial charge >= 0.3 is 0 Å². The third-order valence-corrected chi connectivity index (χ3v) is 3.18. The minimum atomic E-state index is -1.05. The van der Waals surface area contributed by atoms with Crippen LogP contribution in [0.3, 0.4) is 0 Å². The zero-order valence-corrected chi connectivity index (χ0v) is 10.3. The lowest BCUT2D eigenvalue weighted by Crippen LogP contribution is -2.06. The van der Waals surface area contributed by atoms with Gasteiger partial charge in [-0.15, -0.1) is 0 Å². The van der Waals surface area contributed by atoms with E-state index >= 15 is 0 Å². The summed E-state index contributed by atoms with van der Waals surface area (Å²) in [6, 6.07) is 2.58. The zero-order valence-electron chi connectivity index (χ0n) is 9.46. The van der Waals surface area contributed by atoms with Crippen molar-refractivity contribution in [2.75, 3.05) is 12.0 Å². The van der Waals surface area contributed by atoms with E-state index in [1.165, 1.54) is 12.1 Å². The lowest BCUT2D eigenvalue weighted by Gasteiger charge is -2.13. The maximum absolute atomic E-state index is 13.6. The van der Waals surface area contributed by atoms with E-state index in [1.807, 2.05) is 6.26 Å². The number of aliphatic hydroxyl groups excluding tert-OH is 1. The van der Waals surface area contributed by atoms with Crippen LogP contribution in [0.1, 0.15) is 30.1 Å². The van der Waals surface area contributed by atoms with Crippen LogP contribution >= 0.6 is 11.8 Å². The summed E-state index contributed by atoms with van der Waals surface area (Å²) in [4.78, 5) is 0. The molecule has 0 aliphatic rings. The summed E-state index contributed by atoms with van der Waals surface area (Å²) in [5, 5.41) is 9.74. The van der Waals surface area contributed by atoms with Gasteiger partial charge in [0.2, 0.25) is 0 Å². The van der Waals surface area contributed by atoms with Gasteiger partial charge in [0, 0.05) is 0 Å². The molecule has 1 nitrogen and oxygen atoms in total. The van der Waals surface area contributed by atoms with Gasteiger partial charge in [0.25, 0.3) is 0 Å². The standard InChI is InChI=1S/C12H16F2OS/c1-8-5-6-9(13)11(12(8)14)10(15)4-3-7-16-2/h5-6,10,15H,3-4,7H2,1-2H3. The van der Waals surface area contributed by atoms with Gasteiger partial charge in [-0.3, -0.25) is 0 Å². The van der Waals surface area contributed by atoms with E-state index in [9.17, 15) is 13.9 Å². The molecule has 0 saturated heterocycles. The number of hydrogen-bond donors (Lipinski definition) is 1. The molecule has 0 amide bonds. The van der Waals surface area contributed by atoms with Crippen LogP contribution in [0, 0.1) is 18.6 Å². The van der Waals surface area contributed by atoms with E-state index in [1.54, 1.807) is 18.7 Å². The van der Waals surface area contributed by atoms with E-state index in [2.05, 4.69) is 0 Å². The average molecular weight is 246 g/mol. The summed E-state index contributed by atoms with van der Waals surface area (Å²) in [7, 11) is 0. The fourth-order valence-electron chi connectivity index (χ4n) is 1.55. The zero-order chi connectivity index (χ0) is 12.1. The van der Waals surface area contributed by atoms with Crippen LogP contribution in [0.5, 0.6) is 0 Å². The number of aryl methyl sites for hydroxylation is 1. The van der Waals surface area contributed by atoms with Crippen LogP contribution in [-0.4, -0.2) is 17.1 Å². The predicted molar refractivity (Wildman–Crippen MR) is 63.7 cm³/mol. The minimum absolute atomic E-state index is 0.193. The molecule has 0 aliphatic heterocycles. The first-order chi connectivity index (χ1) is 7.57. The monoisotopic (exact) mass is 246 g/mol. The van der Waals surface area contributed by atoms with E-state index in [0.29, 0.717) is 12.0 Å². The summed E-state index contributed by atoms with van der Waals surface area (Å²) < 4.78 is 27.0. The molecule has 1 atom stereocenters. The minimum Gasteiger partial charge on any atom is -0.388 e. The highest BCUT2D eigenvalue weighted by Gasteiger charge is 2.18. The summed E-state index contributed by atoms with van der Waals surface area (Å²) in [6.45, 7) is 1.56. The van der Waals surface area contributed by atoms with Gasteiger partial charge in [-0.2, -0.15) is 11.8 Å². The Morgan fingerprint density at radius 3 is 2.69 bits per heavy atom. The van der Waals surface area contributed by atoms with Crippen molar-refractivity contribution < 1.29 is 13.9 Å². The van der Waals surface area contributed by atoms with Gasteiger partial charge < -0.3 is 5.11 Å². The highest BCUT2D eigenvalue weighted by Crippen LogP contribution is 2.26. The highest BCUT2D eigenvalue weighted by atomic mass is 32.2. The molecule has 0 aromatic heterocycles. The van der Waals surface area contributed by atoms with Crippen molar-refractivity contribution >= 4 is 11.8 Å². The highest BCUT2D eigenvalue weighted by molar-refractivity contribution is 7.98. The third kappa shape index (κ3) is 3.19. The molecule has 16 heavy (non-hydrogen) atoms. The number of thioether (sulfide) groups is 1. The molecule has 1 unspecified atom stereocenters. The number of halogens is 2. The smallest absolute Gasteiger partial charge is 0.134 e. The molecule has 0 saturated carbocycles. The second-order valence-electron chi connectivity index (χ2n) is 3.74. The number of hydrogen-bond acceptors (Lipinski definition) is 2. The van der Waals surface area contributed by atoms with Crippen molar-refractivity contribution in [2.45, 2.75) is 25.9 Å². The molecule has 4 heteroatoms. The molecule has 0 spiro atoms. The molecule has 0 bridgehead atoms. The summed E-state index contributed by atoms with van der Waals surface area (Å²) in [6.07, 6.45) is 2.04. The van der Waals surface area contributed by atoms with Crippen LogP contribution in [0.4, 0.5) is 8.78 Å². The Morgan fingerprint density at radius 1 is 1.38 bits per heavy atom. The number of rotatable bonds is 5. The molecule has 0 heterocycles. The molecule has 1 N–H and O–H groups in total. The van der Waals surface area contributed by atoms with Crippen LogP contribution in [0.25, 0.3) is 0 Å². The molecular weight excluding hydrogens is 230 g/mol. The van der Waals surface area contributed by atoms with Crippen molar-refractivity contribution in [1.82, 2.24) is 0 Å². The Morgan fingerprint density at radius 2 is 2.06 bits per heavy atom. The Hall–Kier alpha value is -0.610. The van der Waals surface area contributed by atoms with Gasteiger partial charge in [0.15, 0.2) is 0 Å². The van der Waals surface area contributed by atoms with E-state index < -0.39 is 17.7 Å². The van der Waals surface area contributed by atoms with Gasteiger partial charge in [-0.05, 0) is 43.4 Å². The molecule has 1 aromatic carbocycles. The molecular formula is C12H16F2OS. The Labute approximate surface area is 98.9 Å². The maximum Gasteiger partial charge on any atom is 0.134 e.